The highest BCUT2D eigenvalue weighted by atomic mass is 32.2. The van der Waals surface area contributed by atoms with Gasteiger partial charge in [0.1, 0.15) is 16.9 Å². The molecule has 0 saturated heterocycles. The average Bonchev–Trinajstić information content (AvgIpc) is 3.45. The van der Waals surface area contributed by atoms with Crippen molar-refractivity contribution in [3.63, 3.8) is 0 Å². The Morgan fingerprint density at radius 2 is 1.94 bits per heavy atom. The quantitative estimate of drug-likeness (QED) is 0.388. The fourth-order valence-electron chi connectivity index (χ4n) is 5.06. The normalized spacial score (nSPS) is 18.7. The number of hydrogen-bond acceptors (Lipinski definition) is 8. The zero-order valence-corrected chi connectivity index (χ0v) is 20.3. The van der Waals surface area contributed by atoms with Gasteiger partial charge in [-0.3, -0.25) is 4.90 Å². The van der Waals surface area contributed by atoms with E-state index in [9.17, 15) is 5.11 Å². The number of aliphatic hydroxyl groups excluding tert-OH is 1. The standard InChI is InChI=1S/C27H25N5O2S/c1-17-5-3-6-18(2)24(17)23-14-27(19-7-4-8-21(13-19)35-31-26(27)30-23)32(10-11-33)16-20-15-28-25-22(29-20)9-12-34-25/h3-9,12-15,33H,10-11,16H2,1-2H3,(H,30,31). The molecule has 176 valence electrons. The number of nitrogens with zero attached hydrogens (tertiary/aromatic N) is 4. The molecular weight excluding hydrogens is 458 g/mol. The molecule has 4 aromatic rings. The number of amidine groups is 1. The Hall–Kier alpha value is -3.46. The largest absolute Gasteiger partial charge is 0.445 e. The van der Waals surface area contributed by atoms with Gasteiger partial charge in [-0.15, -0.1) is 0 Å². The van der Waals surface area contributed by atoms with Crippen LogP contribution in [0.2, 0.25) is 0 Å². The Morgan fingerprint density at radius 1 is 1.11 bits per heavy atom. The molecule has 2 N–H and O–H groups in total. The third-order valence-electron chi connectivity index (χ3n) is 6.66. The van der Waals surface area contributed by atoms with Crippen LogP contribution in [0.4, 0.5) is 0 Å². The molecule has 0 saturated carbocycles. The van der Waals surface area contributed by atoms with Gasteiger partial charge in [0, 0.05) is 29.6 Å². The van der Waals surface area contributed by atoms with Crippen LogP contribution < -0.4 is 4.72 Å². The Balaban J connectivity index is 1.53. The highest BCUT2D eigenvalue weighted by Gasteiger charge is 2.47. The summed E-state index contributed by atoms with van der Waals surface area (Å²) >= 11 is 1.55. The highest BCUT2D eigenvalue weighted by molar-refractivity contribution is 7.98. The summed E-state index contributed by atoms with van der Waals surface area (Å²) in [6.45, 7) is 5.14. The van der Waals surface area contributed by atoms with E-state index in [2.05, 4.69) is 77.0 Å². The van der Waals surface area contributed by atoms with E-state index in [0.29, 0.717) is 24.3 Å². The van der Waals surface area contributed by atoms with Crippen LogP contribution in [0.25, 0.3) is 16.9 Å². The molecule has 35 heavy (non-hydrogen) atoms. The number of aryl methyl sites for hydroxylation is 2. The van der Waals surface area contributed by atoms with Gasteiger partial charge in [-0.25, -0.2) is 15.0 Å². The molecule has 8 heteroatoms. The van der Waals surface area contributed by atoms with Crippen molar-refractivity contribution >= 4 is 34.7 Å². The van der Waals surface area contributed by atoms with E-state index in [-0.39, 0.29) is 6.61 Å². The van der Waals surface area contributed by atoms with Gasteiger partial charge in [-0.1, -0.05) is 30.3 Å². The maximum absolute atomic E-state index is 10.1. The molecule has 0 aliphatic carbocycles. The number of nitrogens with one attached hydrogen (secondary N) is 1. The summed E-state index contributed by atoms with van der Waals surface area (Å²) in [6, 6.07) is 16.6. The van der Waals surface area contributed by atoms with Gasteiger partial charge in [0.25, 0.3) is 0 Å². The lowest BCUT2D eigenvalue weighted by molar-refractivity contribution is 0.133. The minimum atomic E-state index is -0.695. The van der Waals surface area contributed by atoms with Crippen LogP contribution in [0.3, 0.4) is 0 Å². The van der Waals surface area contributed by atoms with Gasteiger partial charge in [0.05, 0.1) is 30.5 Å². The van der Waals surface area contributed by atoms with Gasteiger partial charge in [0.2, 0.25) is 5.71 Å². The van der Waals surface area contributed by atoms with Gasteiger partial charge < -0.3 is 14.2 Å². The molecule has 7 nitrogen and oxygen atoms in total. The first kappa shape index (κ1) is 22.0. The van der Waals surface area contributed by atoms with Crippen LogP contribution in [-0.4, -0.2) is 39.0 Å². The van der Waals surface area contributed by atoms with Gasteiger partial charge in [-0.2, -0.15) is 0 Å². The minimum absolute atomic E-state index is 0.00415. The van der Waals surface area contributed by atoms with Crippen LogP contribution in [0.5, 0.6) is 0 Å². The number of furan rings is 1. The fraction of sp³-hybridized carbons (Fsp3) is 0.222. The smallest absolute Gasteiger partial charge is 0.245 e. The maximum Gasteiger partial charge on any atom is 0.245 e. The zero-order chi connectivity index (χ0) is 24.0. The summed E-state index contributed by atoms with van der Waals surface area (Å²) in [7, 11) is 0. The van der Waals surface area contributed by atoms with Crippen LogP contribution in [0, 0.1) is 13.8 Å². The Kier molecular flexibility index (Phi) is 5.44. The van der Waals surface area contributed by atoms with E-state index in [0.717, 1.165) is 33.2 Å². The van der Waals surface area contributed by atoms with E-state index in [4.69, 9.17) is 14.4 Å². The lowest BCUT2D eigenvalue weighted by Crippen LogP contribution is -2.53. The third-order valence-corrected chi connectivity index (χ3v) is 7.44. The Labute approximate surface area is 207 Å². The van der Waals surface area contributed by atoms with Gasteiger partial charge in [0.15, 0.2) is 0 Å². The van der Waals surface area contributed by atoms with Crippen LogP contribution >= 0.6 is 11.9 Å². The molecule has 2 aromatic carbocycles. The summed E-state index contributed by atoms with van der Waals surface area (Å²) in [6.07, 6.45) is 5.57. The molecular formula is C27H25N5O2S. The van der Waals surface area contributed by atoms with E-state index in [1.807, 2.05) is 6.07 Å². The van der Waals surface area contributed by atoms with E-state index < -0.39 is 5.54 Å². The van der Waals surface area contributed by atoms with Crippen LogP contribution in [0.1, 0.15) is 27.9 Å². The second-order valence-corrected chi connectivity index (χ2v) is 9.75. The molecule has 6 rings (SSSR count). The van der Waals surface area contributed by atoms with Crippen molar-refractivity contribution in [2.45, 2.75) is 30.8 Å². The monoisotopic (exact) mass is 483 g/mol. The number of hydrogen-bond donors (Lipinski definition) is 2. The molecule has 0 fully saturated rings. The summed E-state index contributed by atoms with van der Waals surface area (Å²) in [5.74, 6) is 0.826. The molecule has 1 atom stereocenters. The number of aromatic nitrogens is 2. The SMILES string of the molecule is Cc1cccc(C)c1C1=CC2(N(CCO)Cc3cnc4occc4n3)C(=N1)NSc1cccc2c1. The first-order valence-corrected chi connectivity index (χ1v) is 12.4. The molecule has 2 bridgehead atoms. The molecule has 4 heterocycles. The van der Waals surface area contributed by atoms with Crippen molar-refractivity contribution in [3.05, 3.63) is 95.0 Å². The topological polar surface area (TPSA) is 86.8 Å². The number of rotatable bonds is 6. The van der Waals surface area contributed by atoms with Crippen molar-refractivity contribution in [2.24, 2.45) is 4.99 Å². The van der Waals surface area contributed by atoms with Crippen molar-refractivity contribution in [1.82, 2.24) is 19.6 Å². The van der Waals surface area contributed by atoms with Crippen LogP contribution in [-0.2, 0) is 12.1 Å². The third kappa shape index (κ3) is 3.65. The number of aliphatic hydroxyl groups is 1. The number of benzene rings is 2. The second-order valence-electron chi connectivity index (χ2n) is 8.87. The summed E-state index contributed by atoms with van der Waals surface area (Å²) in [4.78, 5) is 17.7. The minimum Gasteiger partial charge on any atom is -0.445 e. The number of fused-ring (bicyclic) bond motifs is 5. The lowest BCUT2D eigenvalue weighted by atomic mass is 9.85. The van der Waals surface area contributed by atoms with E-state index >= 15 is 0 Å². The summed E-state index contributed by atoms with van der Waals surface area (Å²) < 4.78 is 8.90. The molecule has 0 radical (unpaired) electrons. The fourth-order valence-corrected chi connectivity index (χ4v) is 5.81. The molecule has 0 amide bonds. The molecule has 2 aliphatic heterocycles. The average molecular weight is 484 g/mol. The summed E-state index contributed by atoms with van der Waals surface area (Å²) in [5.41, 5.74) is 6.85. The lowest BCUT2D eigenvalue weighted by Gasteiger charge is -2.40. The molecule has 1 unspecified atom stereocenters. The first-order valence-electron chi connectivity index (χ1n) is 11.6. The number of aliphatic imine (C=N–C) groups is 1. The van der Waals surface area contributed by atoms with Crippen molar-refractivity contribution < 1.29 is 9.52 Å². The Bertz CT molecular complexity index is 1470. The summed E-state index contributed by atoms with van der Waals surface area (Å²) in [5, 5.41) is 10.1. The van der Waals surface area contributed by atoms with E-state index in [1.165, 1.54) is 11.1 Å². The maximum atomic E-state index is 10.1. The van der Waals surface area contributed by atoms with Crippen molar-refractivity contribution in [1.29, 1.82) is 0 Å². The predicted molar refractivity (Wildman–Crippen MR) is 138 cm³/mol. The van der Waals surface area contributed by atoms with Crippen molar-refractivity contribution in [2.75, 3.05) is 13.2 Å². The highest BCUT2D eigenvalue weighted by Crippen LogP contribution is 2.44. The predicted octanol–water partition coefficient (Wildman–Crippen LogP) is 4.59. The van der Waals surface area contributed by atoms with Gasteiger partial charge >= 0.3 is 0 Å². The van der Waals surface area contributed by atoms with Crippen LogP contribution in [0.15, 0.2) is 81.4 Å². The van der Waals surface area contributed by atoms with E-state index in [1.54, 1.807) is 24.4 Å². The first-order chi connectivity index (χ1) is 17.1. The van der Waals surface area contributed by atoms with Crippen molar-refractivity contribution in [3.8, 4) is 0 Å². The molecule has 2 aliphatic rings. The second kappa shape index (κ2) is 8.64. The van der Waals surface area contributed by atoms with Gasteiger partial charge in [-0.05, 0) is 60.7 Å². The Morgan fingerprint density at radius 3 is 2.77 bits per heavy atom. The zero-order valence-electron chi connectivity index (χ0n) is 19.5. The molecule has 2 aromatic heterocycles. The molecule has 0 spiro atoms.